The zero-order valence-electron chi connectivity index (χ0n) is 9.34. The molecular weight excluding hydrogens is 184 g/mol. The Kier molecular flexibility index (Phi) is 1.66. The molecule has 1 heteroatoms. The Labute approximate surface area is 90.5 Å². The maximum atomic E-state index is 12.2. The van der Waals surface area contributed by atoms with Crippen molar-refractivity contribution in [2.45, 2.75) is 39.0 Å². The number of carbonyl (C=O) groups is 1. The summed E-state index contributed by atoms with van der Waals surface area (Å²) in [5.41, 5.74) is 3.64. The highest BCUT2D eigenvalue weighted by Gasteiger charge is 2.54. The van der Waals surface area contributed by atoms with Gasteiger partial charge in [-0.05, 0) is 42.4 Å². The van der Waals surface area contributed by atoms with Crippen molar-refractivity contribution in [2.75, 3.05) is 0 Å². The molecule has 1 nitrogen and oxygen atoms in total. The van der Waals surface area contributed by atoms with Crippen molar-refractivity contribution < 1.29 is 4.79 Å². The van der Waals surface area contributed by atoms with Gasteiger partial charge in [0.05, 0.1) is 0 Å². The number of carbonyl (C=O) groups excluding carboxylic acids is 1. The summed E-state index contributed by atoms with van der Waals surface area (Å²) in [7, 11) is 0. The van der Waals surface area contributed by atoms with Crippen LogP contribution in [-0.2, 0) is 6.42 Å². The molecule has 0 aromatic heterocycles. The summed E-state index contributed by atoms with van der Waals surface area (Å²) in [6, 6.07) is 6.46. The van der Waals surface area contributed by atoms with Crippen LogP contribution in [-0.4, -0.2) is 5.78 Å². The molecule has 0 aliphatic heterocycles. The van der Waals surface area contributed by atoms with Gasteiger partial charge < -0.3 is 0 Å². The highest BCUT2D eigenvalue weighted by molar-refractivity contribution is 6.06. The van der Waals surface area contributed by atoms with Gasteiger partial charge in [0.1, 0.15) is 0 Å². The molecule has 0 bridgehead atoms. The molecular formula is C14H16O. The van der Waals surface area contributed by atoms with Gasteiger partial charge in [-0.25, -0.2) is 0 Å². The quantitative estimate of drug-likeness (QED) is 0.679. The molecule has 0 heterocycles. The third kappa shape index (κ3) is 1.19. The van der Waals surface area contributed by atoms with Crippen LogP contribution < -0.4 is 0 Å². The topological polar surface area (TPSA) is 17.1 Å². The average Bonchev–Trinajstić information content (AvgIpc) is 2.92. The fourth-order valence-corrected chi connectivity index (χ4v) is 2.60. The number of fused-ring (bicyclic) bond motifs is 1. The van der Waals surface area contributed by atoms with Crippen LogP contribution in [0.4, 0.5) is 0 Å². The van der Waals surface area contributed by atoms with E-state index in [4.69, 9.17) is 0 Å². The van der Waals surface area contributed by atoms with Crippen LogP contribution in [0.3, 0.4) is 0 Å². The second kappa shape index (κ2) is 2.72. The van der Waals surface area contributed by atoms with Gasteiger partial charge in [-0.15, -0.1) is 0 Å². The second-order valence-electron chi connectivity index (χ2n) is 5.36. The molecule has 0 saturated heterocycles. The molecule has 2 aliphatic rings. The normalized spacial score (nSPS) is 21.1. The minimum Gasteiger partial charge on any atom is -0.294 e. The summed E-state index contributed by atoms with van der Waals surface area (Å²) in [4.78, 5) is 12.2. The predicted molar refractivity (Wildman–Crippen MR) is 60.2 cm³/mol. The van der Waals surface area contributed by atoms with Crippen LogP contribution in [0.2, 0.25) is 0 Å². The van der Waals surface area contributed by atoms with E-state index in [1.807, 2.05) is 0 Å². The highest BCUT2D eigenvalue weighted by Crippen LogP contribution is 2.55. The molecule has 1 aromatic carbocycles. The molecule has 78 valence electrons. The first-order valence-electron chi connectivity index (χ1n) is 5.80. The lowest BCUT2D eigenvalue weighted by Crippen LogP contribution is -2.08. The number of rotatable bonds is 1. The highest BCUT2D eigenvalue weighted by atomic mass is 16.1. The summed E-state index contributed by atoms with van der Waals surface area (Å²) in [5, 5.41) is 0. The van der Waals surface area contributed by atoms with Crippen molar-refractivity contribution in [3.05, 3.63) is 34.9 Å². The second-order valence-corrected chi connectivity index (χ2v) is 5.36. The standard InChI is InChI=1S/C14H16O/c1-9(2)10-3-4-11-8-14(5-6-14)13(15)12(11)7-10/h3-4,7,9H,5-6,8H2,1-2H3. The van der Waals surface area contributed by atoms with Crippen molar-refractivity contribution >= 4 is 5.78 Å². The van der Waals surface area contributed by atoms with Gasteiger partial charge in [0.25, 0.3) is 0 Å². The Morgan fingerprint density at radius 2 is 2.00 bits per heavy atom. The van der Waals surface area contributed by atoms with E-state index >= 15 is 0 Å². The Hall–Kier alpha value is -1.11. The zero-order chi connectivity index (χ0) is 10.6. The van der Waals surface area contributed by atoms with Gasteiger partial charge in [0, 0.05) is 11.0 Å². The minimum absolute atomic E-state index is 0.0535. The zero-order valence-corrected chi connectivity index (χ0v) is 9.34. The van der Waals surface area contributed by atoms with Crippen LogP contribution >= 0.6 is 0 Å². The summed E-state index contributed by atoms with van der Waals surface area (Å²) in [5.74, 6) is 0.929. The van der Waals surface area contributed by atoms with Gasteiger partial charge in [-0.2, -0.15) is 0 Å². The summed E-state index contributed by atoms with van der Waals surface area (Å²) in [6.07, 6.45) is 3.22. The number of Topliss-reactive ketones (excluding diaryl/α,β-unsaturated/α-hetero) is 1. The molecule has 0 amide bonds. The predicted octanol–water partition coefficient (Wildman–Crippen LogP) is 3.33. The van der Waals surface area contributed by atoms with Gasteiger partial charge in [0.15, 0.2) is 5.78 Å². The minimum atomic E-state index is 0.0535. The van der Waals surface area contributed by atoms with Gasteiger partial charge in [0.2, 0.25) is 0 Å². The summed E-state index contributed by atoms with van der Waals surface area (Å²) >= 11 is 0. The van der Waals surface area contributed by atoms with E-state index in [0.29, 0.717) is 11.7 Å². The van der Waals surface area contributed by atoms with Crippen LogP contribution in [0, 0.1) is 5.41 Å². The van der Waals surface area contributed by atoms with E-state index < -0.39 is 0 Å². The Bertz CT molecular complexity index is 439. The van der Waals surface area contributed by atoms with E-state index in [0.717, 1.165) is 24.8 Å². The molecule has 1 aromatic rings. The molecule has 2 aliphatic carbocycles. The van der Waals surface area contributed by atoms with E-state index in [2.05, 4.69) is 32.0 Å². The molecule has 0 unspecified atom stereocenters. The maximum absolute atomic E-state index is 12.2. The Morgan fingerprint density at radius 3 is 2.60 bits per heavy atom. The average molecular weight is 200 g/mol. The SMILES string of the molecule is CC(C)c1ccc2c(c1)C(=O)C1(CC1)C2. The molecule has 1 saturated carbocycles. The van der Waals surface area contributed by atoms with E-state index in [9.17, 15) is 4.79 Å². The number of benzene rings is 1. The van der Waals surface area contributed by atoms with Crippen LogP contribution in [0.15, 0.2) is 18.2 Å². The number of hydrogen-bond acceptors (Lipinski definition) is 1. The van der Waals surface area contributed by atoms with Gasteiger partial charge in [-0.1, -0.05) is 26.0 Å². The molecule has 1 fully saturated rings. The van der Waals surface area contributed by atoms with Crippen molar-refractivity contribution in [3.63, 3.8) is 0 Å². The maximum Gasteiger partial charge on any atom is 0.169 e. The lowest BCUT2D eigenvalue weighted by molar-refractivity contribution is 0.0919. The lowest BCUT2D eigenvalue weighted by atomic mass is 9.98. The van der Waals surface area contributed by atoms with Crippen molar-refractivity contribution in [1.82, 2.24) is 0 Å². The number of hydrogen-bond donors (Lipinski definition) is 0. The van der Waals surface area contributed by atoms with Gasteiger partial charge in [-0.3, -0.25) is 4.79 Å². The monoisotopic (exact) mass is 200 g/mol. The summed E-state index contributed by atoms with van der Waals surface area (Å²) < 4.78 is 0. The lowest BCUT2D eigenvalue weighted by Gasteiger charge is -2.06. The van der Waals surface area contributed by atoms with Crippen molar-refractivity contribution in [2.24, 2.45) is 5.41 Å². The Balaban J connectivity index is 2.08. The fourth-order valence-electron chi connectivity index (χ4n) is 2.60. The van der Waals surface area contributed by atoms with Crippen molar-refractivity contribution in [3.8, 4) is 0 Å². The first-order valence-corrected chi connectivity index (χ1v) is 5.80. The molecule has 15 heavy (non-hydrogen) atoms. The fraction of sp³-hybridized carbons (Fsp3) is 0.500. The third-order valence-corrected chi connectivity index (χ3v) is 3.91. The third-order valence-electron chi connectivity index (χ3n) is 3.91. The molecule has 0 N–H and O–H groups in total. The first-order chi connectivity index (χ1) is 7.12. The largest absolute Gasteiger partial charge is 0.294 e. The Morgan fingerprint density at radius 1 is 1.27 bits per heavy atom. The van der Waals surface area contributed by atoms with E-state index in [1.165, 1.54) is 11.1 Å². The van der Waals surface area contributed by atoms with Gasteiger partial charge >= 0.3 is 0 Å². The molecule has 1 spiro atoms. The summed E-state index contributed by atoms with van der Waals surface area (Å²) in [6.45, 7) is 4.35. The van der Waals surface area contributed by atoms with E-state index in [1.54, 1.807) is 0 Å². The first kappa shape index (κ1) is 9.14. The molecule has 0 radical (unpaired) electrons. The van der Waals surface area contributed by atoms with Crippen LogP contribution in [0.1, 0.15) is 54.1 Å². The number of ketones is 1. The van der Waals surface area contributed by atoms with Crippen molar-refractivity contribution in [1.29, 1.82) is 0 Å². The van der Waals surface area contributed by atoms with Crippen LogP contribution in [0.5, 0.6) is 0 Å². The molecule has 3 rings (SSSR count). The molecule has 0 atom stereocenters. The smallest absolute Gasteiger partial charge is 0.169 e. The van der Waals surface area contributed by atoms with Crippen LogP contribution in [0.25, 0.3) is 0 Å². The van der Waals surface area contributed by atoms with E-state index in [-0.39, 0.29) is 5.41 Å².